The number of piperidine rings is 1. The number of halogens is 1. The molecule has 21 heavy (non-hydrogen) atoms. The van der Waals surface area contributed by atoms with Gasteiger partial charge in [0.1, 0.15) is 5.82 Å². The van der Waals surface area contributed by atoms with E-state index >= 15 is 0 Å². The number of carbonyl (C=O) groups is 1. The molecule has 1 aromatic heterocycles. The molecule has 0 saturated carbocycles. The highest BCUT2D eigenvalue weighted by molar-refractivity contribution is 9.10. The average Bonchev–Trinajstić information content (AvgIpc) is 2.94. The van der Waals surface area contributed by atoms with Crippen LogP contribution < -0.4 is 5.73 Å². The van der Waals surface area contributed by atoms with Gasteiger partial charge in [-0.25, -0.2) is 0 Å². The van der Waals surface area contributed by atoms with Crippen LogP contribution >= 0.6 is 15.9 Å². The predicted molar refractivity (Wildman–Crippen MR) is 85.0 cm³/mol. The third-order valence-electron chi connectivity index (χ3n) is 3.86. The summed E-state index contributed by atoms with van der Waals surface area (Å²) in [4.78, 5) is 14.4. The summed E-state index contributed by atoms with van der Waals surface area (Å²) in [6, 6.07) is 9.68. The molecule has 1 saturated heterocycles. The molecule has 110 valence electrons. The minimum Gasteiger partial charge on any atom is -0.382 e. The van der Waals surface area contributed by atoms with Crippen LogP contribution in [0.1, 0.15) is 29.2 Å². The Balaban J connectivity index is 1.66. The lowest BCUT2D eigenvalue weighted by Crippen LogP contribution is -2.39. The summed E-state index contributed by atoms with van der Waals surface area (Å²) in [6.45, 7) is 1.48. The zero-order chi connectivity index (χ0) is 14.8. The van der Waals surface area contributed by atoms with Crippen LogP contribution in [0.25, 0.3) is 0 Å². The molecule has 5 nitrogen and oxygen atoms in total. The van der Waals surface area contributed by atoms with Gasteiger partial charge >= 0.3 is 0 Å². The number of carbonyl (C=O) groups excluding carboxylic acids is 1. The van der Waals surface area contributed by atoms with E-state index < -0.39 is 0 Å². The molecule has 1 amide bonds. The van der Waals surface area contributed by atoms with E-state index in [2.05, 4.69) is 21.0 Å². The second-order valence-corrected chi connectivity index (χ2v) is 6.08. The lowest BCUT2D eigenvalue weighted by atomic mass is 10.0. The van der Waals surface area contributed by atoms with E-state index in [0.717, 1.165) is 36.0 Å². The molecule has 6 heteroatoms. The molecule has 1 aliphatic rings. The Labute approximate surface area is 131 Å². The molecule has 0 aliphatic carbocycles. The van der Waals surface area contributed by atoms with E-state index in [1.165, 1.54) is 0 Å². The number of nitrogens with zero attached hydrogens (tertiary/aromatic N) is 3. The van der Waals surface area contributed by atoms with E-state index in [-0.39, 0.29) is 5.91 Å². The maximum absolute atomic E-state index is 12.5. The molecule has 3 rings (SSSR count). The van der Waals surface area contributed by atoms with Crippen molar-refractivity contribution in [1.29, 1.82) is 0 Å². The van der Waals surface area contributed by atoms with Crippen LogP contribution in [0.15, 0.2) is 41.0 Å². The smallest absolute Gasteiger partial charge is 0.254 e. The Kier molecular flexibility index (Phi) is 3.96. The van der Waals surface area contributed by atoms with Gasteiger partial charge in [0.15, 0.2) is 0 Å². The normalized spacial score (nSPS) is 16.1. The van der Waals surface area contributed by atoms with Crippen LogP contribution in [0.3, 0.4) is 0 Å². The molecule has 0 radical (unpaired) electrons. The number of hydrogen-bond donors (Lipinski definition) is 1. The zero-order valence-electron chi connectivity index (χ0n) is 11.6. The van der Waals surface area contributed by atoms with Crippen LogP contribution in [-0.2, 0) is 0 Å². The van der Waals surface area contributed by atoms with Gasteiger partial charge in [-0.15, -0.1) is 0 Å². The first-order chi connectivity index (χ1) is 10.1. The SMILES string of the molecule is Nc1ccn(C2CCN(C(=O)c3ccccc3Br)CC2)n1. The first-order valence-electron chi connectivity index (χ1n) is 6.99. The maximum Gasteiger partial charge on any atom is 0.254 e. The van der Waals surface area contributed by atoms with Gasteiger partial charge in [0.25, 0.3) is 5.91 Å². The zero-order valence-corrected chi connectivity index (χ0v) is 13.2. The highest BCUT2D eigenvalue weighted by atomic mass is 79.9. The predicted octanol–water partition coefficient (Wildman–Crippen LogP) is 2.71. The number of nitrogens with two attached hydrogens (primary N) is 1. The molecule has 0 bridgehead atoms. The number of benzene rings is 1. The van der Waals surface area contributed by atoms with Crippen molar-refractivity contribution in [2.75, 3.05) is 18.8 Å². The summed E-state index contributed by atoms with van der Waals surface area (Å²) >= 11 is 3.44. The van der Waals surface area contributed by atoms with Crippen molar-refractivity contribution in [3.8, 4) is 0 Å². The number of amides is 1. The molecule has 1 aromatic carbocycles. The highest BCUT2D eigenvalue weighted by Crippen LogP contribution is 2.25. The Morgan fingerprint density at radius 1 is 1.24 bits per heavy atom. The van der Waals surface area contributed by atoms with E-state index in [0.29, 0.717) is 11.9 Å². The summed E-state index contributed by atoms with van der Waals surface area (Å²) in [5, 5.41) is 4.26. The Bertz CT molecular complexity index is 647. The number of anilines is 1. The number of likely N-dealkylation sites (tertiary alicyclic amines) is 1. The maximum atomic E-state index is 12.5. The van der Waals surface area contributed by atoms with Crippen molar-refractivity contribution in [2.24, 2.45) is 0 Å². The second-order valence-electron chi connectivity index (χ2n) is 5.22. The number of rotatable bonds is 2. The standard InChI is InChI=1S/C15H17BrN4O/c16-13-4-2-1-3-12(13)15(21)19-8-5-11(6-9-19)20-10-7-14(17)18-20/h1-4,7,10-11H,5-6,8-9H2,(H2,17,18). The van der Waals surface area contributed by atoms with Gasteiger partial charge in [-0.3, -0.25) is 9.48 Å². The summed E-state index contributed by atoms with van der Waals surface area (Å²) < 4.78 is 2.76. The fourth-order valence-electron chi connectivity index (χ4n) is 2.69. The van der Waals surface area contributed by atoms with Gasteiger partial charge in [0.05, 0.1) is 11.6 Å². The third-order valence-corrected chi connectivity index (χ3v) is 4.55. The van der Waals surface area contributed by atoms with Gasteiger partial charge in [-0.1, -0.05) is 12.1 Å². The molecule has 2 heterocycles. The van der Waals surface area contributed by atoms with Crippen LogP contribution in [0, 0.1) is 0 Å². The van der Waals surface area contributed by atoms with Crippen molar-refractivity contribution in [3.63, 3.8) is 0 Å². The lowest BCUT2D eigenvalue weighted by Gasteiger charge is -2.32. The van der Waals surface area contributed by atoms with Gasteiger partial charge in [0, 0.05) is 23.8 Å². The van der Waals surface area contributed by atoms with Crippen molar-refractivity contribution in [1.82, 2.24) is 14.7 Å². The number of nitrogen functional groups attached to an aromatic ring is 1. The molecular weight excluding hydrogens is 332 g/mol. The van der Waals surface area contributed by atoms with Crippen molar-refractivity contribution < 1.29 is 4.79 Å². The molecule has 1 aliphatic heterocycles. The topological polar surface area (TPSA) is 64.2 Å². The van der Waals surface area contributed by atoms with Gasteiger partial charge in [-0.05, 0) is 47.0 Å². The monoisotopic (exact) mass is 348 g/mol. The summed E-state index contributed by atoms with van der Waals surface area (Å²) in [6.07, 6.45) is 3.71. The molecule has 2 N–H and O–H groups in total. The molecule has 0 atom stereocenters. The number of hydrogen-bond acceptors (Lipinski definition) is 3. The highest BCUT2D eigenvalue weighted by Gasteiger charge is 2.25. The van der Waals surface area contributed by atoms with Crippen LogP contribution in [-0.4, -0.2) is 33.7 Å². The quantitative estimate of drug-likeness (QED) is 0.907. The van der Waals surface area contributed by atoms with Crippen LogP contribution in [0.2, 0.25) is 0 Å². The first kappa shape index (κ1) is 14.1. The molecular formula is C15H17BrN4O. The summed E-state index contributed by atoms with van der Waals surface area (Å²) in [5.74, 6) is 0.627. The largest absolute Gasteiger partial charge is 0.382 e. The Morgan fingerprint density at radius 2 is 1.95 bits per heavy atom. The van der Waals surface area contributed by atoms with Crippen LogP contribution in [0.4, 0.5) is 5.82 Å². The van der Waals surface area contributed by atoms with Crippen molar-refractivity contribution in [3.05, 3.63) is 46.6 Å². The second kappa shape index (κ2) is 5.89. The van der Waals surface area contributed by atoms with E-state index in [1.807, 2.05) is 40.0 Å². The van der Waals surface area contributed by atoms with Crippen LogP contribution in [0.5, 0.6) is 0 Å². The van der Waals surface area contributed by atoms with Crippen molar-refractivity contribution in [2.45, 2.75) is 18.9 Å². The van der Waals surface area contributed by atoms with Gasteiger partial charge < -0.3 is 10.6 Å². The minimum absolute atomic E-state index is 0.0842. The molecule has 0 spiro atoms. The Hall–Kier alpha value is -1.82. The lowest BCUT2D eigenvalue weighted by molar-refractivity contribution is 0.0689. The minimum atomic E-state index is 0.0842. The fraction of sp³-hybridized carbons (Fsp3) is 0.333. The molecule has 1 fully saturated rings. The summed E-state index contributed by atoms with van der Waals surface area (Å²) in [7, 11) is 0. The van der Waals surface area contributed by atoms with Gasteiger partial charge in [-0.2, -0.15) is 5.10 Å². The Morgan fingerprint density at radius 3 is 2.57 bits per heavy atom. The van der Waals surface area contributed by atoms with E-state index in [1.54, 1.807) is 6.07 Å². The summed E-state index contributed by atoms with van der Waals surface area (Å²) in [5.41, 5.74) is 6.37. The molecule has 0 unspecified atom stereocenters. The first-order valence-corrected chi connectivity index (χ1v) is 7.79. The average molecular weight is 349 g/mol. The van der Waals surface area contributed by atoms with E-state index in [9.17, 15) is 4.79 Å². The number of aromatic nitrogens is 2. The molecule has 2 aromatic rings. The third kappa shape index (κ3) is 2.95. The van der Waals surface area contributed by atoms with Crippen molar-refractivity contribution >= 4 is 27.7 Å². The van der Waals surface area contributed by atoms with E-state index in [4.69, 9.17) is 5.73 Å². The fourth-order valence-corrected chi connectivity index (χ4v) is 3.15. The van der Waals surface area contributed by atoms with Gasteiger partial charge in [0.2, 0.25) is 0 Å².